The van der Waals surface area contributed by atoms with E-state index >= 15 is 0 Å². The molecular weight excluding hydrogens is 328 g/mol. The Kier molecular flexibility index (Phi) is 6.69. The van der Waals surface area contributed by atoms with Crippen molar-refractivity contribution in [3.8, 4) is 6.07 Å². The Morgan fingerprint density at radius 2 is 1.65 bits per heavy atom. The molecule has 1 amide bonds. The maximum Gasteiger partial charge on any atom is 0.269 e. The molecule has 26 heavy (non-hydrogen) atoms. The van der Waals surface area contributed by atoms with Gasteiger partial charge in [-0.2, -0.15) is 5.26 Å². The van der Waals surface area contributed by atoms with Crippen LogP contribution in [0.5, 0.6) is 0 Å². The summed E-state index contributed by atoms with van der Waals surface area (Å²) >= 11 is 0. The number of benzene rings is 2. The predicted molar refractivity (Wildman–Crippen MR) is 99.7 cm³/mol. The number of aliphatic hydroxyl groups is 1. The van der Waals surface area contributed by atoms with Gasteiger partial charge in [0.15, 0.2) is 11.4 Å². The molecule has 0 unspecified atom stereocenters. The summed E-state index contributed by atoms with van der Waals surface area (Å²) in [7, 11) is 0. The van der Waals surface area contributed by atoms with Crippen LogP contribution in [-0.4, -0.2) is 16.8 Å². The standard InChI is InChI=1S/C21H20N2O3/c1-2-3-9-19(24)18(14-22)21(26)23-17-12-10-16(11-13-17)20(25)15-7-5-4-6-8-15/h4-8,10-13,24H,2-3,9H2,1H3,(H,23,26). The Hall–Kier alpha value is -3.39. The molecule has 0 saturated carbocycles. The van der Waals surface area contributed by atoms with Gasteiger partial charge in [-0.1, -0.05) is 43.7 Å². The van der Waals surface area contributed by atoms with E-state index in [1.165, 1.54) is 0 Å². The first kappa shape index (κ1) is 18.9. The van der Waals surface area contributed by atoms with E-state index in [0.29, 0.717) is 23.2 Å². The van der Waals surface area contributed by atoms with Gasteiger partial charge in [-0.25, -0.2) is 0 Å². The molecule has 0 aromatic heterocycles. The SMILES string of the molecule is CCCCC(O)=C(C#N)C(=O)Nc1ccc(C(=O)c2ccccc2)cc1. The number of carbonyl (C=O) groups excluding carboxylic acids is 2. The van der Waals surface area contributed by atoms with E-state index in [1.54, 1.807) is 54.6 Å². The van der Waals surface area contributed by atoms with Crippen LogP contribution in [0.25, 0.3) is 0 Å². The highest BCUT2D eigenvalue weighted by Gasteiger charge is 2.15. The average molecular weight is 348 g/mol. The van der Waals surface area contributed by atoms with Crippen LogP contribution in [0, 0.1) is 11.3 Å². The van der Waals surface area contributed by atoms with Gasteiger partial charge in [0.25, 0.3) is 5.91 Å². The minimum Gasteiger partial charge on any atom is -0.511 e. The summed E-state index contributed by atoms with van der Waals surface area (Å²) in [5, 5.41) is 21.6. The molecule has 0 radical (unpaired) electrons. The number of amides is 1. The van der Waals surface area contributed by atoms with Gasteiger partial charge in [0.2, 0.25) is 0 Å². The molecule has 5 heteroatoms. The highest BCUT2D eigenvalue weighted by molar-refractivity contribution is 6.10. The lowest BCUT2D eigenvalue weighted by molar-refractivity contribution is -0.112. The maximum atomic E-state index is 12.4. The van der Waals surface area contributed by atoms with Crippen molar-refractivity contribution in [3.05, 3.63) is 77.1 Å². The van der Waals surface area contributed by atoms with Crippen molar-refractivity contribution in [1.29, 1.82) is 5.26 Å². The van der Waals surface area contributed by atoms with Crippen LogP contribution < -0.4 is 5.32 Å². The minimum atomic E-state index is -0.664. The minimum absolute atomic E-state index is 0.113. The number of unbranched alkanes of at least 4 members (excludes halogenated alkanes) is 1. The smallest absolute Gasteiger partial charge is 0.269 e. The second-order valence-electron chi connectivity index (χ2n) is 5.76. The summed E-state index contributed by atoms with van der Waals surface area (Å²) < 4.78 is 0. The van der Waals surface area contributed by atoms with E-state index in [4.69, 9.17) is 5.26 Å². The molecule has 0 aliphatic rings. The number of nitrogens with one attached hydrogen (secondary N) is 1. The molecule has 0 bridgehead atoms. The number of nitriles is 1. The van der Waals surface area contributed by atoms with E-state index in [-0.39, 0.29) is 23.5 Å². The van der Waals surface area contributed by atoms with Gasteiger partial charge in [0.1, 0.15) is 11.8 Å². The number of carbonyl (C=O) groups is 2. The molecule has 2 rings (SSSR count). The van der Waals surface area contributed by atoms with Crippen molar-refractivity contribution in [3.63, 3.8) is 0 Å². The van der Waals surface area contributed by atoms with Gasteiger partial charge < -0.3 is 10.4 Å². The van der Waals surface area contributed by atoms with Crippen molar-refractivity contribution < 1.29 is 14.7 Å². The molecule has 0 saturated heterocycles. The van der Waals surface area contributed by atoms with E-state index < -0.39 is 5.91 Å². The Labute approximate surface area is 152 Å². The summed E-state index contributed by atoms with van der Waals surface area (Å²) in [5.41, 5.74) is 1.23. The van der Waals surface area contributed by atoms with Crippen molar-refractivity contribution in [2.75, 3.05) is 5.32 Å². The number of anilines is 1. The molecule has 0 aliphatic carbocycles. The van der Waals surface area contributed by atoms with Crippen molar-refractivity contribution in [1.82, 2.24) is 0 Å². The summed E-state index contributed by atoms with van der Waals surface area (Å²) in [6, 6.07) is 17.0. The van der Waals surface area contributed by atoms with Crippen LogP contribution in [0.2, 0.25) is 0 Å². The van der Waals surface area contributed by atoms with Gasteiger partial charge in [-0.3, -0.25) is 9.59 Å². The number of nitrogens with zero attached hydrogens (tertiary/aromatic N) is 1. The third kappa shape index (κ3) is 4.81. The monoisotopic (exact) mass is 348 g/mol. The van der Waals surface area contributed by atoms with Gasteiger partial charge in [0.05, 0.1) is 0 Å². The molecular formula is C21H20N2O3. The van der Waals surface area contributed by atoms with Gasteiger partial charge >= 0.3 is 0 Å². The summed E-state index contributed by atoms with van der Waals surface area (Å²) in [6.07, 6.45) is 1.83. The van der Waals surface area contributed by atoms with Crippen molar-refractivity contribution in [2.24, 2.45) is 0 Å². The Balaban J connectivity index is 2.10. The first-order valence-corrected chi connectivity index (χ1v) is 8.40. The number of aliphatic hydroxyl groups excluding tert-OH is 1. The second kappa shape index (κ2) is 9.19. The van der Waals surface area contributed by atoms with Crippen LogP contribution in [-0.2, 0) is 4.79 Å². The van der Waals surface area contributed by atoms with Crippen LogP contribution in [0.15, 0.2) is 65.9 Å². The molecule has 2 N–H and O–H groups in total. The fraction of sp³-hybridized carbons (Fsp3) is 0.190. The van der Waals surface area contributed by atoms with E-state index in [9.17, 15) is 14.7 Å². The molecule has 0 heterocycles. The van der Waals surface area contributed by atoms with Crippen LogP contribution in [0.3, 0.4) is 0 Å². The third-order valence-electron chi connectivity index (χ3n) is 3.84. The molecule has 132 valence electrons. The highest BCUT2D eigenvalue weighted by atomic mass is 16.3. The van der Waals surface area contributed by atoms with Gasteiger partial charge in [0, 0.05) is 23.2 Å². The van der Waals surface area contributed by atoms with E-state index in [2.05, 4.69) is 5.32 Å². The molecule has 0 aliphatic heterocycles. The largest absolute Gasteiger partial charge is 0.511 e. The average Bonchev–Trinajstić information content (AvgIpc) is 2.67. The Bertz CT molecular complexity index is 847. The van der Waals surface area contributed by atoms with Crippen LogP contribution >= 0.6 is 0 Å². The highest BCUT2D eigenvalue weighted by Crippen LogP contribution is 2.16. The first-order chi connectivity index (χ1) is 12.6. The molecule has 0 atom stereocenters. The Morgan fingerprint density at radius 3 is 2.23 bits per heavy atom. The van der Waals surface area contributed by atoms with E-state index in [1.807, 2.05) is 13.0 Å². The number of rotatable bonds is 7. The predicted octanol–water partition coefficient (Wildman–Crippen LogP) is 4.38. The Morgan fingerprint density at radius 1 is 1.04 bits per heavy atom. The lowest BCUT2D eigenvalue weighted by atomic mass is 10.0. The number of hydrogen-bond donors (Lipinski definition) is 2. The number of ketones is 1. The fourth-order valence-corrected chi connectivity index (χ4v) is 2.37. The third-order valence-corrected chi connectivity index (χ3v) is 3.84. The molecule has 2 aromatic carbocycles. The van der Waals surface area contributed by atoms with Crippen molar-refractivity contribution in [2.45, 2.75) is 26.2 Å². The van der Waals surface area contributed by atoms with Gasteiger partial charge in [-0.15, -0.1) is 0 Å². The lowest BCUT2D eigenvalue weighted by Gasteiger charge is -2.07. The quantitative estimate of drug-likeness (QED) is 0.336. The number of hydrogen-bond acceptors (Lipinski definition) is 4. The molecule has 5 nitrogen and oxygen atoms in total. The zero-order valence-corrected chi connectivity index (χ0v) is 14.5. The molecule has 0 spiro atoms. The summed E-state index contributed by atoms with van der Waals surface area (Å²) in [5.74, 6) is -0.982. The van der Waals surface area contributed by atoms with Crippen molar-refractivity contribution >= 4 is 17.4 Å². The summed E-state index contributed by atoms with van der Waals surface area (Å²) in [4.78, 5) is 24.5. The molecule has 0 fully saturated rings. The second-order valence-corrected chi connectivity index (χ2v) is 5.76. The van der Waals surface area contributed by atoms with E-state index in [0.717, 1.165) is 6.42 Å². The normalized spacial score (nSPS) is 11.2. The topological polar surface area (TPSA) is 90.2 Å². The van der Waals surface area contributed by atoms with Crippen LogP contribution in [0.1, 0.15) is 42.1 Å². The maximum absolute atomic E-state index is 12.4. The van der Waals surface area contributed by atoms with Gasteiger partial charge in [-0.05, 0) is 30.7 Å². The molecule has 2 aromatic rings. The fourth-order valence-electron chi connectivity index (χ4n) is 2.37. The zero-order chi connectivity index (χ0) is 18.9. The van der Waals surface area contributed by atoms with Crippen LogP contribution in [0.4, 0.5) is 5.69 Å². The lowest BCUT2D eigenvalue weighted by Crippen LogP contribution is -2.15. The first-order valence-electron chi connectivity index (χ1n) is 8.40. The number of allylic oxidation sites excluding steroid dienone is 1. The zero-order valence-electron chi connectivity index (χ0n) is 14.5. The summed E-state index contributed by atoms with van der Waals surface area (Å²) in [6.45, 7) is 1.96.